The lowest BCUT2D eigenvalue weighted by Crippen LogP contribution is -2.42. The summed E-state index contributed by atoms with van der Waals surface area (Å²) < 4.78 is 0. The van der Waals surface area contributed by atoms with E-state index in [9.17, 15) is 4.79 Å². The molecule has 1 N–H and O–H groups in total. The standard InChI is InChI=1S/C6H14N2.C4H9NO.C2H6/c1-7-3-5-8(2)6-4-7;1-2-3-5-4-6;1-2/h3-6H2,1-2H3;4H,2-3H2,1H3,(H,5,6);1-2H3. The molecule has 0 atom stereocenters. The van der Waals surface area contributed by atoms with Gasteiger partial charge in [0.2, 0.25) is 6.41 Å². The highest BCUT2D eigenvalue weighted by Gasteiger charge is 2.07. The van der Waals surface area contributed by atoms with Crippen molar-refractivity contribution in [2.75, 3.05) is 46.8 Å². The Labute approximate surface area is 101 Å². The van der Waals surface area contributed by atoms with Crippen molar-refractivity contribution >= 4 is 6.41 Å². The molecule has 0 bridgehead atoms. The molecule has 16 heavy (non-hydrogen) atoms. The van der Waals surface area contributed by atoms with Crippen LogP contribution in [0.5, 0.6) is 0 Å². The van der Waals surface area contributed by atoms with Crippen molar-refractivity contribution < 1.29 is 4.79 Å². The molecule has 0 radical (unpaired) electrons. The highest BCUT2D eigenvalue weighted by atomic mass is 16.1. The maximum Gasteiger partial charge on any atom is 0.207 e. The average Bonchev–Trinajstić information content (AvgIpc) is 2.34. The van der Waals surface area contributed by atoms with Crippen LogP contribution < -0.4 is 5.32 Å². The van der Waals surface area contributed by atoms with Crippen LogP contribution in [0.2, 0.25) is 0 Å². The lowest BCUT2D eigenvalue weighted by molar-refractivity contribution is -0.109. The summed E-state index contributed by atoms with van der Waals surface area (Å²) in [4.78, 5) is 14.2. The number of piperazine rings is 1. The zero-order valence-electron chi connectivity index (χ0n) is 11.6. The molecular weight excluding hydrogens is 202 g/mol. The predicted octanol–water partition coefficient (Wildman–Crippen LogP) is 1.03. The van der Waals surface area contributed by atoms with Crippen molar-refractivity contribution in [2.45, 2.75) is 27.2 Å². The Kier molecular flexibility index (Phi) is 16.0. The van der Waals surface area contributed by atoms with E-state index in [0.29, 0.717) is 6.41 Å². The van der Waals surface area contributed by atoms with Gasteiger partial charge in [0.05, 0.1) is 0 Å². The van der Waals surface area contributed by atoms with Gasteiger partial charge in [0.25, 0.3) is 0 Å². The van der Waals surface area contributed by atoms with Crippen LogP contribution in [0.25, 0.3) is 0 Å². The van der Waals surface area contributed by atoms with Gasteiger partial charge in [-0.25, -0.2) is 0 Å². The van der Waals surface area contributed by atoms with E-state index in [1.54, 1.807) is 0 Å². The van der Waals surface area contributed by atoms with Crippen molar-refractivity contribution in [3.8, 4) is 0 Å². The third kappa shape index (κ3) is 13.4. The summed E-state index contributed by atoms with van der Waals surface area (Å²) in [5.74, 6) is 0. The summed E-state index contributed by atoms with van der Waals surface area (Å²) in [6.45, 7) is 11.7. The Hall–Kier alpha value is -0.610. The molecule has 1 amide bonds. The van der Waals surface area contributed by atoms with E-state index in [1.807, 2.05) is 20.8 Å². The van der Waals surface area contributed by atoms with Crippen molar-refractivity contribution in [1.82, 2.24) is 15.1 Å². The molecule has 1 heterocycles. The van der Waals surface area contributed by atoms with Crippen LogP contribution in [0.3, 0.4) is 0 Å². The molecule has 4 heteroatoms. The number of nitrogens with zero attached hydrogens (tertiary/aromatic N) is 2. The molecule has 0 spiro atoms. The number of amides is 1. The fourth-order valence-electron chi connectivity index (χ4n) is 1.11. The molecule has 1 fully saturated rings. The van der Waals surface area contributed by atoms with Crippen LogP contribution in [-0.4, -0.2) is 63.0 Å². The average molecular weight is 231 g/mol. The topological polar surface area (TPSA) is 35.6 Å². The number of carbonyl (C=O) groups is 1. The van der Waals surface area contributed by atoms with E-state index >= 15 is 0 Å². The van der Waals surface area contributed by atoms with Crippen LogP contribution >= 0.6 is 0 Å². The fraction of sp³-hybridized carbons (Fsp3) is 0.917. The Morgan fingerprint density at radius 2 is 1.44 bits per heavy atom. The van der Waals surface area contributed by atoms with Crippen molar-refractivity contribution in [3.63, 3.8) is 0 Å². The Balaban J connectivity index is 0. The van der Waals surface area contributed by atoms with Gasteiger partial charge in [-0.3, -0.25) is 4.79 Å². The lowest BCUT2D eigenvalue weighted by atomic mass is 10.4. The number of carbonyl (C=O) groups excluding carboxylic acids is 1. The fourth-order valence-corrected chi connectivity index (χ4v) is 1.11. The van der Waals surface area contributed by atoms with E-state index in [4.69, 9.17) is 0 Å². The first-order chi connectivity index (χ1) is 7.70. The molecule has 1 aliphatic heterocycles. The minimum absolute atomic E-state index is 0.712. The van der Waals surface area contributed by atoms with Gasteiger partial charge >= 0.3 is 0 Å². The Bertz CT molecular complexity index is 124. The molecule has 4 nitrogen and oxygen atoms in total. The van der Waals surface area contributed by atoms with Gasteiger partial charge in [0.15, 0.2) is 0 Å². The van der Waals surface area contributed by atoms with Gasteiger partial charge in [-0.1, -0.05) is 20.8 Å². The largest absolute Gasteiger partial charge is 0.359 e. The van der Waals surface area contributed by atoms with Crippen molar-refractivity contribution in [3.05, 3.63) is 0 Å². The minimum atomic E-state index is 0.712. The zero-order chi connectivity index (χ0) is 12.8. The third-order valence-electron chi connectivity index (χ3n) is 2.20. The van der Waals surface area contributed by atoms with Crippen LogP contribution in [0.4, 0.5) is 0 Å². The van der Waals surface area contributed by atoms with Gasteiger partial charge in [-0.15, -0.1) is 0 Å². The normalized spacial score (nSPS) is 16.3. The number of hydrogen-bond acceptors (Lipinski definition) is 3. The maximum atomic E-state index is 9.45. The van der Waals surface area contributed by atoms with E-state index in [1.165, 1.54) is 26.2 Å². The summed E-state index contributed by atoms with van der Waals surface area (Å²) >= 11 is 0. The second kappa shape index (κ2) is 14.4. The van der Waals surface area contributed by atoms with Crippen LogP contribution in [0, 0.1) is 0 Å². The molecule has 0 aliphatic carbocycles. The van der Waals surface area contributed by atoms with E-state index in [0.717, 1.165) is 13.0 Å². The number of rotatable bonds is 3. The van der Waals surface area contributed by atoms with Crippen LogP contribution in [-0.2, 0) is 4.79 Å². The highest BCUT2D eigenvalue weighted by Crippen LogP contribution is 1.93. The molecule has 0 unspecified atom stereocenters. The Morgan fingerprint density at radius 1 is 1.06 bits per heavy atom. The molecule has 1 aliphatic rings. The second-order valence-corrected chi connectivity index (χ2v) is 3.68. The van der Waals surface area contributed by atoms with Crippen LogP contribution in [0.1, 0.15) is 27.2 Å². The minimum Gasteiger partial charge on any atom is -0.359 e. The predicted molar refractivity (Wildman–Crippen MR) is 70.7 cm³/mol. The van der Waals surface area contributed by atoms with E-state index in [-0.39, 0.29) is 0 Å². The molecular formula is C12H29N3O. The first-order valence-electron chi connectivity index (χ1n) is 6.24. The van der Waals surface area contributed by atoms with Crippen molar-refractivity contribution in [2.24, 2.45) is 0 Å². The second-order valence-electron chi connectivity index (χ2n) is 3.68. The molecule has 1 rings (SSSR count). The van der Waals surface area contributed by atoms with Gasteiger partial charge in [0.1, 0.15) is 0 Å². The molecule has 0 aromatic heterocycles. The molecule has 0 aromatic carbocycles. The summed E-state index contributed by atoms with van der Waals surface area (Å²) in [7, 11) is 4.35. The molecule has 98 valence electrons. The highest BCUT2D eigenvalue weighted by molar-refractivity contribution is 5.45. The molecule has 1 saturated heterocycles. The third-order valence-corrected chi connectivity index (χ3v) is 2.20. The summed E-state index contributed by atoms with van der Waals surface area (Å²) in [6, 6.07) is 0. The van der Waals surface area contributed by atoms with Crippen molar-refractivity contribution in [1.29, 1.82) is 0 Å². The molecule has 0 aromatic rings. The van der Waals surface area contributed by atoms with Gasteiger partial charge in [-0.05, 0) is 20.5 Å². The van der Waals surface area contributed by atoms with Crippen LogP contribution in [0.15, 0.2) is 0 Å². The number of likely N-dealkylation sites (N-methyl/N-ethyl adjacent to an activating group) is 2. The van der Waals surface area contributed by atoms with Gasteiger partial charge in [0, 0.05) is 32.7 Å². The lowest BCUT2D eigenvalue weighted by Gasteiger charge is -2.28. The Morgan fingerprint density at radius 3 is 1.62 bits per heavy atom. The van der Waals surface area contributed by atoms with E-state index < -0.39 is 0 Å². The number of hydrogen-bond donors (Lipinski definition) is 1. The first kappa shape index (κ1) is 17.8. The molecule has 0 saturated carbocycles. The summed E-state index contributed by atoms with van der Waals surface area (Å²) in [6.07, 6.45) is 1.72. The van der Waals surface area contributed by atoms with E-state index in [2.05, 4.69) is 29.2 Å². The quantitative estimate of drug-likeness (QED) is 0.582. The maximum absolute atomic E-state index is 9.45. The van der Waals surface area contributed by atoms with Gasteiger partial charge in [-0.2, -0.15) is 0 Å². The smallest absolute Gasteiger partial charge is 0.207 e. The van der Waals surface area contributed by atoms with Gasteiger partial charge < -0.3 is 15.1 Å². The zero-order valence-corrected chi connectivity index (χ0v) is 11.6. The monoisotopic (exact) mass is 231 g/mol. The first-order valence-corrected chi connectivity index (χ1v) is 6.24. The summed E-state index contributed by atoms with van der Waals surface area (Å²) in [5.41, 5.74) is 0. The SMILES string of the molecule is CC.CCCNC=O.CN1CCN(C)CC1. The summed E-state index contributed by atoms with van der Waals surface area (Å²) in [5, 5.41) is 2.52. The number of nitrogens with one attached hydrogen (secondary N) is 1.